The summed E-state index contributed by atoms with van der Waals surface area (Å²) >= 11 is 12.0. The smallest absolute Gasteiger partial charge is 0.271 e. The lowest BCUT2D eigenvalue weighted by Crippen LogP contribution is -2.17. The summed E-state index contributed by atoms with van der Waals surface area (Å²) in [4.78, 5) is 12.1. The maximum absolute atomic E-state index is 12.1. The van der Waals surface area contributed by atoms with E-state index in [2.05, 4.69) is 10.5 Å². The first-order valence-corrected chi connectivity index (χ1v) is 8.93. The summed E-state index contributed by atoms with van der Waals surface area (Å²) in [7, 11) is 0. The van der Waals surface area contributed by atoms with Crippen LogP contribution < -0.4 is 10.2 Å². The van der Waals surface area contributed by atoms with Crippen LogP contribution in [-0.2, 0) is 6.61 Å². The van der Waals surface area contributed by atoms with Gasteiger partial charge in [-0.2, -0.15) is 5.10 Å². The highest BCUT2D eigenvalue weighted by Crippen LogP contribution is 2.21. The molecule has 6 heteroatoms. The highest BCUT2D eigenvalue weighted by atomic mass is 35.5. The third-order valence-electron chi connectivity index (χ3n) is 3.72. The molecule has 3 aromatic rings. The van der Waals surface area contributed by atoms with Crippen LogP contribution in [0.5, 0.6) is 5.75 Å². The Morgan fingerprint density at radius 1 is 1.00 bits per heavy atom. The zero-order chi connectivity index (χ0) is 19.1. The maximum atomic E-state index is 12.1. The summed E-state index contributed by atoms with van der Waals surface area (Å²) in [6.45, 7) is 0.333. The maximum Gasteiger partial charge on any atom is 0.271 e. The van der Waals surface area contributed by atoms with Gasteiger partial charge in [0.1, 0.15) is 12.4 Å². The summed E-state index contributed by atoms with van der Waals surface area (Å²) < 4.78 is 5.86. The predicted molar refractivity (Wildman–Crippen MR) is 109 cm³/mol. The number of amides is 1. The van der Waals surface area contributed by atoms with Gasteiger partial charge in [0.25, 0.3) is 5.91 Å². The molecule has 3 rings (SSSR count). The van der Waals surface area contributed by atoms with Gasteiger partial charge in [-0.25, -0.2) is 5.43 Å². The van der Waals surface area contributed by atoms with Crippen molar-refractivity contribution in [3.05, 3.63) is 99.5 Å². The lowest BCUT2D eigenvalue weighted by Gasteiger charge is -2.10. The topological polar surface area (TPSA) is 50.7 Å². The quantitative estimate of drug-likeness (QED) is 0.450. The molecular weight excluding hydrogens is 383 g/mol. The predicted octanol–water partition coefficient (Wildman–Crippen LogP) is 5.34. The number of para-hydroxylation sites is 1. The van der Waals surface area contributed by atoms with E-state index in [0.29, 0.717) is 28.0 Å². The van der Waals surface area contributed by atoms with Crippen molar-refractivity contribution in [1.82, 2.24) is 5.43 Å². The van der Waals surface area contributed by atoms with Crippen molar-refractivity contribution in [3.63, 3.8) is 0 Å². The third-order valence-corrected chi connectivity index (χ3v) is 4.32. The average Bonchev–Trinajstić information content (AvgIpc) is 2.68. The molecule has 136 valence electrons. The van der Waals surface area contributed by atoms with Gasteiger partial charge in [-0.3, -0.25) is 4.79 Å². The fraction of sp³-hybridized carbons (Fsp3) is 0.0476. The molecule has 0 bridgehead atoms. The zero-order valence-corrected chi connectivity index (χ0v) is 15.7. The Morgan fingerprint density at radius 2 is 1.78 bits per heavy atom. The molecule has 0 unspecified atom stereocenters. The van der Waals surface area contributed by atoms with Gasteiger partial charge in [-0.1, -0.05) is 59.6 Å². The molecule has 1 amide bonds. The Balaban J connectivity index is 1.66. The fourth-order valence-corrected chi connectivity index (χ4v) is 2.72. The molecule has 27 heavy (non-hydrogen) atoms. The molecule has 0 radical (unpaired) electrons. The fourth-order valence-electron chi connectivity index (χ4n) is 2.34. The first-order valence-electron chi connectivity index (χ1n) is 8.17. The van der Waals surface area contributed by atoms with Crippen LogP contribution in [0.4, 0.5) is 0 Å². The molecular formula is C21H16Cl2N2O2. The molecule has 3 aromatic carbocycles. The van der Waals surface area contributed by atoms with E-state index in [1.165, 1.54) is 6.21 Å². The van der Waals surface area contributed by atoms with Gasteiger partial charge >= 0.3 is 0 Å². The van der Waals surface area contributed by atoms with Crippen LogP contribution >= 0.6 is 23.2 Å². The first kappa shape index (κ1) is 19.0. The number of hydrazone groups is 1. The van der Waals surface area contributed by atoms with Gasteiger partial charge in [0.15, 0.2) is 0 Å². The lowest BCUT2D eigenvalue weighted by atomic mass is 10.2. The van der Waals surface area contributed by atoms with Crippen LogP contribution in [0.3, 0.4) is 0 Å². The number of halogens is 2. The van der Waals surface area contributed by atoms with E-state index in [9.17, 15) is 4.79 Å². The Hall–Kier alpha value is -2.82. The van der Waals surface area contributed by atoms with Gasteiger partial charge in [0.05, 0.1) is 6.21 Å². The number of rotatable bonds is 6. The molecule has 0 saturated carbocycles. The normalized spacial score (nSPS) is 10.7. The standard InChI is InChI=1S/C21H16Cl2N2O2/c22-18-9-5-8-15(12-18)21(26)25-24-13-16-6-2-4-11-20(16)27-14-17-7-1-3-10-19(17)23/h1-13H,14H2,(H,25,26)/b24-13-. The molecule has 0 spiro atoms. The number of nitrogens with one attached hydrogen (secondary N) is 1. The number of carbonyl (C=O) groups excluding carboxylic acids is 1. The van der Waals surface area contributed by atoms with Crippen molar-refractivity contribution in [2.24, 2.45) is 5.10 Å². The highest BCUT2D eigenvalue weighted by molar-refractivity contribution is 6.31. The molecule has 0 heterocycles. The number of nitrogens with zero attached hydrogens (tertiary/aromatic N) is 1. The molecule has 0 atom stereocenters. The van der Waals surface area contributed by atoms with E-state index in [1.54, 1.807) is 24.3 Å². The minimum atomic E-state index is -0.344. The second-order valence-corrected chi connectivity index (χ2v) is 6.47. The lowest BCUT2D eigenvalue weighted by molar-refractivity contribution is 0.0955. The average molecular weight is 399 g/mol. The largest absolute Gasteiger partial charge is 0.488 e. The van der Waals surface area contributed by atoms with Crippen molar-refractivity contribution < 1.29 is 9.53 Å². The number of carbonyl (C=O) groups is 1. The van der Waals surface area contributed by atoms with Gasteiger partial charge in [-0.05, 0) is 36.4 Å². The van der Waals surface area contributed by atoms with Crippen molar-refractivity contribution in [1.29, 1.82) is 0 Å². The van der Waals surface area contributed by atoms with Crippen molar-refractivity contribution in [2.75, 3.05) is 0 Å². The number of benzene rings is 3. The first-order chi connectivity index (χ1) is 13.1. The number of hydrogen-bond donors (Lipinski definition) is 1. The Labute approximate surface area is 167 Å². The van der Waals surface area contributed by atoms with Crippen LogP contribution in [0.15, 0.2) is 77.9 Å². The summed E-state index contributed by atoms with van der Waals surface area (Å²) in [5.41, 5.74) is 4.53. The van der Waals surface area contributed by atoms with Crippen LogP contribution in [-0.4, -0.2) is 12.1 Å². The van der Waals surface area contributed by atoms with Gasteiger partial charge in [0, 0.05) is 26.7 Å². The highest BCUT2D eigenvalue weighted by Gasteiger charge is 2.06. The summed E-state index contributed by atoms with van der Waals surface area (Å²) in [6, 6.07) is 21.6. The second kappa shape index (κ2) is 9.21. The molecule has 0 aliphatic heterocycles. The van der Waals surface area contributed by atoms with Gasteiger partial charge in [0.2, 0.25) is 0 Å². The van der Waals surface area contributed by atoms with E-state index in [1.807, 2.05) is 48.5 Å². The Morgan fingerprint density at radius 3 is 2.59 bits per heavy atom. The van der Waals surface area contributed by atoms with E-state index in [-0.39, 0.29) is 5.91 Å². The molecule has 0 aliphatic carbocycles. The molecule has 0 aromatic heterocycles. The van der Waals surface area contributed by atoms with Crippen molar-refractivity contribution in [3.8, 4) is 5.75 Å². The van der Waals surface area contributed by atoms with Gasteiger partial charge in [-0.15, -0.1) is 0 Å². The minimum absolute atomic E-state index is 0.333. The molecule has 0 aliphatic rings. The van der Waals surface area contributed by atoms with Crippen molar-refractivity contribution >= 4 is 35.3 Å². The van der Waals surface area contributed by atoms with E-state index >= 15 is 0 Å². The minimum Gasteiger partial charge on any atom is -0.488 e. The molecule has 1 N–H and O–H groups in total. The van der Waals surface area contributed by atoms with Gasteiger partial charge < -0.3 is 4.74 Å². The van der Waals surface area contributed by atoms with Crippen LogP contribution in [0.25, 0.3) is 0 Å². The molecule has 0 fully saturated rings. The SMILES string of the molecule is O=C(N/N=C\c1ccccc1OCc1ccccc1Cl)c1cccc(Cl)c1. The Kier molecular flexibility index (Phi) is 6.47. The summed E-state index contributed by atoms with van der Waals surface area (Å²) in [5, 5.41) is 5.15. The van der Waals surface area contributed by atoms with Crippen molar-refractivity contribution in [2.45, 2.75) is 6.61 Å². The van der Waals surface area contributed by atoms with E-state index in [0.717, 1.165) is 11.1 Å². The van der Waals surface area contributed by atoms with E-state index < -0.39 is 0 Å². The van der Waals surface area contributed by atoms with Crippen LogP contribution in [0, 0.1) is 0 Å². The second-order valence-electron chi connectivity index (χ2n) is 5.63. The summed E-state index contributed by atoms with van der Waals surface area (Å²) in [5.74, 6) is 0.293. The zero-order valence-electron chi connectivity index (χ0n) is 14.2. The molecule has 4 nitrogen and oxygen atoms in total. The number of ether oxygens (including phenoxy) is 1. The third kappa shape index (κ3) is 5.33. The Bertz CT molecular complexity index is 974. The summed E-state index contributed by atoms with van der Waals surface area (Å²) in [6.07, 6.45) is 1.53. The monoisotopic (exact) mass is 398 g/mol. The molecule has 0 saturated heterocycles. The number of hydrogen-bond acceptors (Lipinski definition) is 3. The van der Waals surface area contributed by atoms with E-state index in [4.69, 9.17) is 27.9 Å². The van der Waals surface area contributed by atoms with Crippen LogP contribution in [0.1, 0.15) is 21.5 Å². The van der Waals surface area contributed by atoms with Crippen LogP contribution in [0.2, 0.25) is 10.0 Å².